The largest absolute Gasteiger partial charge is 0.489 e. The van der Waals surface area contributed by atoms with Crippen molar-refractivity contribution in [3.8, 4) is 5.75 Å². The molecule has 2 atom stereocenters. The van der Waals surface area contributed by atoms with Crippen molar-refractivity contribution in [3.05, 3.63) is 29.8 Å². The maximum absolute atomic E-state index is 11.8. The molecule has 1 heterocycles. The molecule has 0 spiro atoms. The number of carbonyl (C=O) groups is 1. The molecule has 1 aromatic rings. The first-order valence-corrected chi connectivity index (χ1v) is 6.89. The highest BCUT2D eigenvalue weighted by atomic mass is 35.5. The molecular formula is C15H23ClN2O2. The van der Waals surface area contributed by atoms with Gasteiger partial charge in [0.25, 0.3) is 0 Å². The summed E-state index contributed by atoms with van der Waals surface area (Å²) in [5.41, 5.74) is 1.21. The number of amides is 1. The van der Waals surface area contributed by atoms with Crippen molar-refractivity contribution in [2.45, 2.75) is 38.8 Å². The Hall–Kier alpha value is -1.26. The zero-order valence-electron chi connectivity index (χ0n) is 12.0. The van der Waals surface area contributed by atoms with E-state index in [-0.39, 0.29) is 30.5 Å². The zero-order valence-corrected chi connectivity index (χ0v) is 12.8. The Kier molecular flexibility index (Phi) is 6.82. The van der Waals surface area contributed by atoms with Crippen LogP contribution in [-0.2, 0) is 4.79 Å². The number of hydrogen-bond acceptors (Lipinski definition) is 3. The molecule has 112 valence electrons. The first kappa shape index (κ1) is 16.8. The molecular weight excluding hydrogens is 276 g/mol. The van der Waals surface area contributed by atoms with Gasteiger partial charge in [0.05, 0.1) is 12.6 Å². The van der Waals surface area contributed by atoms with Crippen LogP contribution in [0.25, 0.3) is 0 Å². The van der Waals surface area contributed by atoms with Crippen molar-refractivity contribution >= 4 is 18.3 Å². The predicted molar refractivity (Wildman–Crippen MR) is 82.6 cm³/mol. The fourth-order valence-electron chi connectivity index (χ4n) is 2.17. The van der Waals surface area contributed by atoms with Crippen LogP contribution in [-0.4, -0.2) is 31.1 Å². The number of rotatable bonds is 5. The van der Waals surface area contributed by atoms with E-state index in [9.17, 15) is 4.79 Å². The molecule has 1 aromatic carbocycles. The molecule has 20 heavy (non-hydrogen) atoms. The summed E-state index contributed by atoms with van der Waals surface area (Å²) in [6, 6.07) is 7.91. The van der Waals surface area contributed by atoms with Gasteiger partial charge in [-0.1, -0.05) is 17.7 Å². The fourth-order valence-corrected chi connectivity index (χ4v) is 2.17. The molecule has 2 N–H and O–H groups in total. The summed E-state index contributed by atoms with van der Waals surface area (Å²) in [4.78, 5) is 11.8. The lowest BCUT2D eigenvalue weighted by molar-refractivity contribution is -0.123. The number of hydrogen-bond donors (Lipinski definition) is 2. The van der Waals surface area contributed by atoms with E-state index >= 15 is 0 Å². The summed E-state index contributed by atoms with van der Waals surface area (Å²) in [5, 5.41) is 6.11. The third kappa shape index (κ3) is 5.02. The van der Waals surface area contributed by atoms with Crippen LogP contribution in [0.5, 0.6) is 5.75 Å². The van der Waals surface area contributed by atoms with Gasteiger partial charge in [-0.2, -0.15) is 0 Å². The van der Waals surface area contributed by atoms with E-state index < -0.39 is 0 Å². The highest BCUT2D eigenvalue weighted by Crippen LogP contribution is 2.13. The van der Waals surface area contributed by atoms with Crippen LogP contribution in [0.3, 0.4) is 0 Å². The number of ether oxygens (including phenoxy) is 1. The normalized spacial score (nSPS) is 19.0. The minimum atomic E-state index is -0.0342. The minimum absolute atomic E-state index is 0. The molecule has 0 saturated carbocycles. The highest BCUT2D eigenvalue weighted by molar-refractivity contribution is 5.85. The fraction of sp³-hybridized carbons (Fsp3) is 0.533. The summed E-state index contributed by atoms with van der Waals surface area (Å²) in [7, 11) is 0. The van der Waals surface area contributed by atoms with Crippen LogP contribution in [0.4, 0.5) is 0 Å². The van der Waals surface area contributed by atoms with Crippen LogP contribution >= 0.6 is 12.4 Å². The Morgan fingerprint density at radius 3 is 2.75 bits per heavy atom. The van der Waals surface area contributed by atoms with Crippen LogP contribution in [0.15, 0.2) is 24.3 Å². The summed E-state index contributed by atoms with van der Waals surface area (Å²) >= 11 is 0. The monoisotopic (exact) mass is 298 g/mol. The molecule has 0 bridgehead atoms. The summed E-state index contributed by atoms with van der Waals surface area (Å²) in [6.45, 7) is 5.47. The first-order valence-electron chi connectivity index (χ1n) is 6.89. The van der Waals surface area contributed by atoms with Crippen molar-refractivity contribution in [2.24, 2.45) is 0 Å². The van der Waals surface area contributed by atoms with E-state index in [0.29, 0.717) is 6.54 Å². The smallest absolute Gasteiger partial charge is 0.237 e. The molecule has 1 aliphatic rings. The van der Waals surface area contributed by atoms with Gasteiger partial charge in [-0.15, -0.1) is 12.4 Å². The Morgan fingerprint density at radius 2 is 2.15 bits per heavy atom. The average molecular weight is 299 g/mol. The van der Waals surface area contributed by atoms with Gasteiger partial charge in [0, 0.05) is 0 Å². The Labute approximate surface area is 126 Å². The second kappa shape index (κ2) is 8.12. The zero-order chi connectivity index (χ0) is 13.7. The van der Waals surface area contributed by atoms with Crippen LogP contribution < -0.4 is 15.4 Å². The number of nitrogens with one attached hydrogen (secondary N) is 2. The van der Waals surface area contributed by atoms with Gasteiger partial charge in [-0.3, -0.25) is 4.79 Å². The van der Waals surface area contributed by atoms with Gasteiger partial charge in [0.15, 0.2) is 0 Å². The highest BCUT2D eigenvalue weighted by Gasteiger charge is 2.21. The van der Waals surface area contributed by atoms with E-state index in [1.165, 1.54) is 5.56 Å². The first-order chi connectivity index (χ1) is 9.15. The molecule has 0 aromatic heterocycles. The van der Waals surface area contributed by atoms with Crippen molar-refractivity contribution in [2.75, 3.05) is 13.1 Å². The number of carbonyl (C=O) groups excluding carboxylic acids is 1. The van der Waals surface area contributed by atoms with Gasteiger partial charge >= 0.3 is 0 Å². The average Bonchev–Trinajstić information content (AvgIpc) is 2.93. The van der Waals surface area contributed by atoms with Crippen molar-refractivity contribution in [1.82, 2.24) is 10.6 Å². The number of aryl methyl sites for hydroxylation is 1. The molecule has 4 nitrogen and oxygen atoms in total. The maximum Gasteiger partial charge on any atom is 0.237 e. The molecule has 1 saturated heterocycles. The molecule has 1 amide bonds. The van der Waals surface area contributed by atoms with E-state index in [1.807, 2.05) is 38.1 Å². The lowest BCUT2D eigenvalue weighted by Crippen LogP contribution is -2.43. The van der Waals surface area contributed by atoms with E-state index in [1.54, 1.807) is 0 Å². The molecule has 5 heteroatoms. The second-order valence-electron chi connectivity index (χ2n) is 5.14. The van der Waals surface area contributed by atoms with Crippen molar-refractivity contribution in [3.63, 3.8) is 0 Å². The quantitative estimate of drug-likeness (QED) is 0.875. The Morgan fingerprint density at radius 1 is 1.45 bits per heavy atom. The molecule has 1 fully saturated rings. The summed E-state index contributed by atoms with van der Waals surface area (Å²) < 4.78 is 5.75. The van der Waals surface area contributed by atoms with Crippen LogP contribution in [0, 0.1) is 6.92 Å². The predicted octanol–water partition coefficient (Wildman–Crippen LogP) is 2.05. The van der Waals surface area contributed by atoms with E-state index in [4.69, 9.17) is 4.74 Å². The lowest BCUT2D eigenvalue weighted by atomic mass is 10.2. The molecule has 0 aliphatic carbocycles. The third-order valence-electron chi connectivity index (χ3n) is 3.30. The summed E-state index contributed by atoms with van der Waals surface area (Å²) in [5.74, 6) is 0.920. The van der Waals surface area contributed by atoms with Gasteiger partial charge in [0.1, 0.15) is 11.9 Å². The Balaban J connectivity index is 0.00000200. The SMILES string of the molecule is Cc1ccc(OC(C)CNC(=O)C2CCCN2)cc1.Cl. The van der Waals surface area contributed by atoms with Crippen molar-refractivity contribution < 1.29 is 9.53 Å². The molecule has 2 unspecified atom stereocenters. The summed E-state index contributed by atoms with van der Waals surface area (Å²) in [6.07, 6.45) is 1.97. The number of benzene rings is 1. The second-order valence-corrected chi connectivity index (χ2v) is 5.14. The lowest BCUT2D eigenvalue weighted by Gasteiger charge is -2.17. The van der Waals surface area contributed by atoms with Crippen LogP contribution in [0.1, 0.15) is 25.3 Å². The van der Waals surface area contributed by atoms with Crippen molar-refractivity contribution in [1.29, 1.82) is 0 Å². The van der Waals surface area contributed by atoms with Gasteiger partial charge in [0.2, 0.25) is 5.91 Å². The third-order valence-corrected chi connectivity index (χ3v) is 3.30. The van der Waals surface area contributed by atoms with Crippen LogP contribution in [0.2, 0.25) is 0 Å². The van der Waals surface area contributed by atoms with E-state index in [2.05, 4.69) is 10.6 Å². The van der Waals surface area contributed by atoms with Gasteiger partial charge in [-0.25, -0.2) is 0 Å². The standard InChI is InChI=1S/C15H22N2O2.ClH/c1-11-5-7-13(8-6-11)19-12(2)10-17-15(18)14-4-3-9-16-14;/h5-8,12,14,16H,3-4,9-10H2,1-2H3,(H,17,18);1H. The maximum atomic E-state index is 11.8. The van der Waals surface area contributed by atoms with Gasteiger partial charge < -0.3 is 15.4 Å². The Bertz CT molecular complexity index is 416. The molecule has 1 aliphatic heterocycles. The minimum Gasteiger partial charge on any atom is -0.489 e. The topological polar surface area (TPSA) is 50.4 Å². The van der Waals surface area contributed by atoms with Gasteiger partial charge in [-0.05, 0) is 45.4 Å². The molecule has 2 rings (SSSR count). The van der Waals surface area contributed by atoms with E-state index in [0.717, 1.165) is 25.1 Å². The number of halogens is 1. The molecule has 0 radical (unpaired) electrons.